The Labute approximate surface area is 205 Å². The molecule has 0 unspecified atom stereocenters. The maximum atomic E-state index is 13.8. The van der Waals surface area contributed by atoms with Crippen molar-refractivity contribution in [2.45, 2.75) is 6.54 Å². The number of ether oxygens (including phenoxy) is 1. The molecule has 0 radical (unpaired) electrons. The van der Waals surface area contributed by atoms with Crippen LogP contribution in [0.2, 0.25) is 0 Å². The fourth-order valence-electron chi connectivity index (χ4n) is 3.01. The third-order valence-electron chi connectivity index (χ3n) is 4.76. The van der Waals surface area contributed by atoms with E-state index in [-0.39, 0.29) is 30.4 Å². The topological polar surface area (TPSA) is 87.7 Å². The van der Waals surface area contributed by atoms with Gasteiger partial charge in [0, 0.05) is 23.8 Å². The van der Waals surface area contributed by atoms with Gasteiger partial charge in [0.1, 0.15) is 11.6 Å². The number of halogens is 2. The van der Waals surface area contributed by atoms with Crippen molar-refractivity contribution in [1.29, 1.82) is 0 Å². The molecular formula is C25H23BrFN3O4. The molecule has 0 bridgehead atoms. The molecule has 0 saturated carbocycles. The first-order chi connectivity index (χ1) is 16.3. The van der Waals surface area contributed by atoms with Crippen LogP contribution in [-0.2, 0) is 16.1 Å². The Balaban J connectivity index is 1.56. The number of amides is 3. The minimum atomic E-state index is -0.690. The van der Waals surface area contributed by atoms with Crippen LogP contribution in [-0.4, -0.2) is 42.8 Å². The van der Waals surface area contributed by atoms with Crippen molar-refractivity contribution < 1.29 is 23.5 Å². The molecule has 0 spiro atoms. The summed E-state index contributed by atoms with van der Waals surface area (Å²) < 4.78 is 20.1. The number of hydrogen-bond donors (Lipinski definition) is 2. The van der Waals surface area contributed by atoms with Crippen molar-refractivity contribution in [1.82, 2.24) is 10.2 Å². The second-order valence-corrected chi connectivity index (χ2v) is 8.32. The number of rotatable bonds is 9. The molecule has 0 atom stereocenters. The predicted octanol–water partition coefficient (Wildman–Crippen LogP) is 3.99. The fraction of sp³-hybridized carbons (Fsp3) is 0.160. The molecule has 0 aromatic heterocycles. The minimum Gasteiger partial charge on any atom is -0.483 e. The van der Waals surface area contributed by atoms with Gasteiger partial charge in [-0.2, -0.15) is 0 Å². The molecule has 7 nitrogen and oxygen atoms in total. The van der Waals surface area contributed by atoms with E-state index in [0.29, 0.717) is 12.2 Å². The van der Waals surface area contributed by atoms with Gasteiger partial charge in [0.15, 0.2) is 6.61 Å². The van der Waals surface area contributed by atoms with Crippen LogP contribution in [0.3, 0.4) is 0 Å². The summed E-state index contributed by atoms with van der Waals surface area (Å²) in [5.74, 6) is -2.08. The van der Waals surface area contributed by atoms with Gasteiger partial charge in [-0.25, -0.2) is 4.39 Å². The zero-order valence-electron chi connectivity index (χ0n) is 18.4. The lowest BCUT2D eigenvalue weighted by Crippen LogP contribution is -2.38. The molecule has 0 saturated heterocycles. The van der Waals surface area contributed by atoms with Crippen LogP contribution < -0.4 is 15.4 Å². The Kier molecular flexibility index (Phi) is 8.75. The summed E-state index contributed by atoms with van der Waals surface area (Å²) in [5, 5.41) is 5.15. The maximum absolute atomic E-state index is 13.8. The summed E-state index contributed by atoms with van der Waals surface area (Å²) in [6, 6.07) is 19.8. The highest BCUT2D eigenvalue weighted by Gasteiger charge is 2.17. The van der Waals surface area contributed by atoms with E-state index < -0.39 is 17.6 Å². The standard InChI is InChI=1S/C25H23BrFN3O4/c1-30(15-17-5-3-2-4-6-17)24(32)14-28-25(33)21-13-19(27)9-12-22(21)34-16-23(31)29-20-10-7-18(26)8-11-20/h2-13H,14-16H2,1H3,(H,28,33)(H,29,31). The first-order valence-electron chi connectivity index (χ1n) is 10.4. The summed E-state index contributed by atoms with van der Waals surface area (Å²) >= 11 is 3.31. The number of benzene rings is 3. The van der Waals surface area contributed by atoms with Gasteiger partial charge in [0.25, 0.3) is 11.8 Å². The van der Waals surface area contributed by atoms with Gasteiger partial charge >= 0.3 is 0 Å². The fourth-order valence-corrected chi connectivity index (χ4v) is 3.27. The molecule has 2 N–H and O–H groups in total. The Morgan fingerprint density at radius 2 is 1.71 bits per heavy atom. The van der Waals surface area contributed by atoms with E-state index in [1.165, 1.54) is 11.0 Å². The summed E-state index contributed by atoms with van der Waals surface area (Å²) in [5.41, 5.74) is 1.41. The summed E-state index contributed by atoms with van der Waals surface area (Å²) in [6.45, 7) is -0.278. The number of carbonyl (C=O) groups excluding carboxylic acids is 3. The summed E-state index contributed by atoms with van der Waals surface area (Å²) in [4.78, 5) is 38.7. The first kappa shape index (κ1) is 24.9. The molecule has 0 aliphatic rings. The molecule has 34 heavy (non-hydrogen) atoms. The smallest absolute Gasteiger partial charge is 0.262 e. The number of hydrogen-bond acceptors (Lipinski definition) is 4. The van der Waals surface area contributed by atoms with Gasteiger partial charge in [0.2, 0.25) is 5.91 Å². The van der Waals surface area contributed by atoms with E-state index in [2.05, 4.69) is 26.6 Å². The predicted molar refractivity (Wildman–Crippen MR) is 130 cm³/mol. The second kappa shape index (κ2) is 11.9. The van der Waals surface area contributed by atoms with Gasteiger partial charge in [-0.3, -0.25) is 14.4 Å². The number of nitrogens with zero attached hydrogens (tertiary/aromatic N) is 1. The number of anilines is 1. The van der Waals surface area contributed by atoms with Gasteiger partial charge in [-0.1, -0.05) is 46.3 Å². The summed E-state index contributed by atoms with van der Waals surface area (Å²) in [6.07, 6.45) is 0. The minimum absolute atomic E-state index is 0.0231. The molecule has 0 aliphatic carbocycles. The van der Waals surface area contributed by atoms with E-state index >= 15 is 0 Å². The highest BCUT2D eigenvalue weighted by molar-refractivity contribution is 9.10. The quantitative estimate of drug-likeness (QED) is 0.440. The van der Waals surface area contributed by atoms with Crippen molar-refractivity contribution in [2.24, 2.45) is 0 Å². The van der Waals surface area contributed by atoms with Gasteiger partial charge < -0.3 is 20.3 Å². The molecule has 0 heterocycles. The SMILES string of the molecule is CN(Cc1ccccc1)C(=O)CNC(=O)c1cc(F)ccc1OCC(=O)Nc1ccc(Br)cc1. The normalized spacial score (nSPS) is 10.3. The van der Waals surface area contributed by atoms with Gasteiger partial charge in [0.05, 0.1) is 12.1 Å². The average Bonchev–Trinajstić information content (AvgIpc) is 2.83. The highest BCUT2D eigenvalue weighted by atomic mass is 79.9. The monoisotopic (exact) mass is 527 g/mol. The number of carbonyl (C=O) groups is 3. The van der Waals surface area contributed by atoms with Crippen molar-refractivity contribution in [3.63, 3.8) is 0 Å². The molecule has 9 heteroatoms. The van der Waals surface area contributed by atoms with Crippen LogP contribution in [0.15, 0.2) is 77.3 Å². The van der Waals surface area contributed by atoms with Crippen molar-refractivity contribution in [3.8, 4) is 5.75 Å². The second-order valence-electron chi connectivity index (χ2n) is 7.40. The van der Waals surface area contributed by atoms with E-state index in [9.17, 15) is 18.8 Å². The maximum Gasteiger partial charge on any atom is 0.262 e. The summed E-state index contributed by atoms with van der Waals surface area (Å²) in [7, 11) is 1.63. The zero-order chi connectivity index (χ0) is 24.5. The first-order valence-corrected chi connectivity index (χ1v) is 11.1. The van der Waals surface area contributed by atoms with E-state index in [1.807, 2.05) is 30.3 Å². The third-order valence-corrected chi connectivity index (χ3v) is 5.29. The number of nitrogens with one attached hydrogen (secondary N) is 2. The number of likely N-dealkylation sites (N-methyl/N-ethyl adjacent to an activating group) is 1. The van der Waals surface area contributed by atoms with Crippen LogP contribution in [0.4, 0.5) is 10.1 Å². The Bertz CT molecular complexity index is 1160. The van der Waals surface area contributed by atoms with Crippen molar-refractivity contribution in [3.05, 3.63) is 94.2 Å². The Morgan fingerprint density at radius 3 is 2.41 bits per heavy atom. The Morgan fingerprint density at radius 1 is 1.00 bits per heavy atom. The molecule has 3 aromatic rings. The molecule has 0 aliphatic heterocycles. The lowest BCUT2D eigenvalue weighted by Gasteiger charge is -2.18. The van der Waals surface area contributed by atoms with E-state index in [0.717, 1.165) is 22.2 Å². The third kappa shape index (κ3) is 7.41. The lowest BCUT2D eigenvalue weighted by molar-refractivity contribution is -0.129. The molecule has 3 rings (SSSR count). The molecular weight excluding hydrogens is 505 g/mol. The zero-order valence-corrected chi connectivity index (χ0v) is 20.0. The average molecular weight is 528 g/mol. The largest absolute Gasteiger partial charge is 0.483 e. The van der Waals surface area contributed by atoms with Crippen LogP contribution in [0.25, 0.3) is 0 Å². The molecule has 3 amide bonds. The van der Waals surface area contributed by atoms with Gasteiger partial charge in [-0.05, 0) is 48.0 Å². The molecule has 176 valence electrons. The molecule has 3 aromatic carbocycles. The van der Waals surface area contributed by atoms with Gasteiger partial charge in [-0.15, -0.1) is 0 Å². The molecule has 0 fully saturated rings. The van der Waals surface area contributed by atoms with Crippen molar-refractivity contribution >= 4 is 39.3 Å². The van der Waals surface area contributed by atoms with Crippen LogP contribution >= 0.6 is 15.9 Å². The Hall–Kier alpha value is -3.72. The highest BCUT2D eigenvalue weighted by Crippen LogP contribution is 2.20. The lowest BCUT2D eigenvalue weighted by atomic mass is 10.1. The van der Waals surface area contributed by atoms with Crippen molar-refractivity contribution in [2.75, 3.05) is 25.5 Å². The van der Waals surface area contributed by atoms with Crippen LogP contribution in [0.5, 0.6) is 5.75 Å². The van der Waals surface area contributed by atoms with Crippen LogP contribution in [0.1, 0.15) is 15.9 Å². The van der Waals surface area contributed by atoms with E-state index in [4.69, 9.17) is 4.74 Å². The van der Waals surface area contributed by atoms with E-state index in [1.54, 1.807) is 31.3 Å². The van der Waals surface area contributed by atoms with Crippen LogP contribution in [0, 0.1) is 5.82 Å².